The van der Waals surface area contributed by atoms with Crippen molar-refractivity contribution in [2.45, 2.75) is 6.92 Å². The predicted molar refractivity (Wildman–Crippen MR) is 108 cm³/mol. The monoisotopic (exact) mass is 448 g/mol. The van der Waals surface area contributed by atoms with Crippen LogP contribution < -0.4 is 14.4 Å². The Balaban J connectivity index is 1.93. The molecular weight excluding hydrogens is 430 g/mol. The molecule has 0 aliphatic carbocycles. The summed E-state index contributed by atoms with van der Waals surface area (Å²) < 4.78 is 43.7. The quantitative estimate of drug-likeness (QED) is 0.627. The average Bonchev–Trinajstić information content (AvgIpc) is 2.61. The van der Waals surface area contributed by atoms with Crippen molar-refractivity contribution in [3.63, 3.8) is 0 Å². The number of aryl methyl sites for hydroxylation is 1. The maximum Gasteiger partial charge on any atom is 0.240 e. The number of sulfonamides is 1. The third kappa shape index (κ3) is 6.25. The highest BCUT2D eigenvalue weighted by Crippen LogP contribution is 2.24. The first-order valence-corrected chi connectivity index (χ1v) is 10.8. The maximum absolute atomic E-state index is 13.3. The van der Waals surface area contributed by atoms with Gasteiger partial charge in [0.05, 0.1) is 23.5 Å². The Morgan fingerprint density at radius 1 is 1.18 bits per heavy atom. The van der Waals surface area contributed by atoms with Crippen molar-refractivity contribution in [1.82, 2.24) is 5.32 Å². The molecule has 6 nitrogen and oxygen atoms in total. The largest absolute Gasteiger partial charge is 0.492 e. The van der Waals surface area contributed by atoms with Gasteiger partial charge in [0, 0.05) is 5.02 Å². The summed E-state index contributed by atoms with van der Waals surface area (Å²) in [4.78, 5) is 12.1. The Bertz CT molecular complexity index is 970. The highest BCUT2D eigenvalue weighted by atomic mass is 35.5. The summed E-state index contributed by atoms with van der Waals surface area (Å²) in [6.07, 6.45) is 0.946. The van der Waals surface area contributed by atoms with Crippen LogP contribution in [-0.4, -0.2) is 40.3 Å². The zero-order valence-electron chi connectivity index (χ0n) is 15.2. The molecule has 0 saturated heterocycles. The van der Waals surface area contributed by atoms with Crippen molar-refractivity contribution in [1.29, 1.82) is 0 Å². The predicted octanol–water partition coefficient (Wildman–Crippen LogP) is 3.40. The van der Waals surface area contributed by atoms with E-state index in [0.29, 0.717) is 10.8 Å². The van der Waals surface area contributed by atoms with E-state index in [1.807, 2.05) is 13.0 Å². The lowest BCUT2D eigenvalue weighted by atomic mass is 10.2. The molecule has 0 fully saturated rings. The van der Waals surface area contributed by atoms with Crippen molar-refractivity contribution in [3.8, 4) is 5.75 Å². The minimum atomic E-state index is -3.78. The number of anilines is 1. The summed E-state index contributed by atoms with van der Waals surface area (Å²) in [5.41, 5.74) is 1.01. The van der Waals surface area contributed by atoms with Gasteiger partial charge in [-0.1, -0.05) is 29.3 Å². The van der Waals surface area contributed by atoms with E-state index in [1.54, 1.807) is 12.1 Å². The first kappa shape index (κ1) is 22.3. The van der Waals surface area contributed by atoms with Crippen LogP contribution in [0.1, 0.15) is 5.56 Å². The van der Waals surface area contributed by atoms with Gasteiger partial charge in [0.25, 0.3) is 0 Å². The van der Waals surface area contributed by atoms with Gasteiger partial charge in [0.15, 0.2) is 0 Å². The lowest BCUT2D eigenvalue weighted by Gasteiger charge is -2.22. The molecule has 1 amide bonds. The van der Waals surface area contributed by atoms with E-state index in [1.165, 1.54) is 6.07 Å². The molecule has 10 heteroatoms. The van der Waals surface area contributed by atoms with Gasteiger partial charge >= 0.3 is 0 Å². The summed E-state index contributed by atoms with van der Waals surface area (Å²) >= 11 is 11.7. The third-order valence-electron chi connectivity index (χ3n) is 3.71. The smallest absolute Gasteiger partial charge is 0.240 e. The fraction of sp³-hybridized carbons (Fsp3) is 0.278. The zero-order valence-corrected chi connectivity index (χ0v) is 17.5. The van der Waals surface area contributed by atoms with E-state index < -0.39 is 28.3 Å². The fourth-order valence-electron chi connectivity index (χ4n) is 2.25. The van der Waals surface area contributed by atoms with Crippen LogP contribution in [0.3, 0.4) is 0 Å². The number of carbonyl (C=O) groups is 1. The molecule has 0 aliphatic heterocycles. The van der Waals surface area contributed by atoms with Gasteiger partial charge in [-0.2, -0.15) is 0 Å². The minimum absolute atomic E-state index is 0.0922. The average molecular weight is 449 g/mol. The van der Waals surface area contributed by atoms with Gasteiger partial charge in [-0.15, -0.1) is 0 Å². The van der Waals surface area contributed by atoms with Crippen LogP contribution in [0.4, 0.5) is 10.1 Å². The van der Waals surface area contributed by atoms with Crippen molar-refractivity contribution < 1.29 is 22.3 Å². The van der Waals surface area contributed by atoms with Crippen molar-refractivity contribution in [3.05, 3.63) is 57.8 Å². The number of halogens is 3. The minimum Gasteiger partial charge on any atom is -0.492 e. The first-order chi connectivity index (χ1) is 13.1. The van der Waals surface area contributed by atoms with E-state index in [4.69, 9.17) is 27.9 Å². The van der Waals surface area contributed by atoms with Crippen molar-refractivity contribution in [2.75, 3.05) is 30.3 Å². The zero-order chi connectivity index (χ0) is 20.9. The Morgan fingerprint density at radius 2 is 1.89 bits per heavy atom. The maximum atomic E-state index is 13.3. The number of nitrogens with zero attached hydrogens (tertiary/aromatic N) is 1. The summed E-state index contributed by atoms with van der Waals surface area (Å²) in [5.74, 6) is -0.670. The molecule has 0 saturated carbocycles. The second-order valence-electron chi connectivity index (χ2n) is 5.98. The number of carbonyl (C=O) groups excluding carboxylic acids is 1. The van der Waals surface area contributed by atoms with Crippen molar-refractivity contribution in [2.24, 2.45) is 0 Å². The third-order valence-corrected chi connectivity index (χ3v) is 5.55. The van der Waals surface area contributed by atoms with Crippen LogP contribution in [-0.2, 0) is 14.8 Å². The van der Waals surface area contributed by atoms with Crippen molar-refractivity contribution >= 4 is 44.8 Å². The lowest BCUT2D eigenvalue weighted by Crippen LogP contribution is -2.41. The number of ether oxygens (including phenoxy) is 1. The highest BCUT2D eigenvalue weighted by molar-refractivity contribution is 7.92. The van der Waals surface area contributed by atoms with Gasteiger partial charge in [-0.3, -0.25) is 9.10 Å². The van der Waals surface area contributed by atoms with Crippen LogP contribution in [0.5, 0.6) is 5.75 Å². The summed E-state index contributed by atoms with van der Waals surface area (Å²) in [6.45, 7) is 1.73. The molecule has 0 aliphatic rings. The molecule has 0 spiro atoms. The molecule has 0 heterocycles. The summed E-state index contributed by atoms with van der Waals surface area (Å²) in [7, 11) is -3.78. The van der Waals surface area contributed by atoms with Gasteiger partial charge in [-0.05, 0) is 42.8 Å². The second kappa shape index (κ2) is 9.45. The normalized spacial score (nSPS) is 11.2. The van der Waals surface area contributed by atoms with E-state index in [-0.39, 0.29) is 23.9 Å². The van der Waals surface area contributed by atoms with Gasteiger partial charge in [-0.25, -0.2) is 12.8 Å². The van der Waals surface area contributed by atoms with Gasteiger partial charge < -0.3 is 10.1 Å². The standard InChI is InChI=1S/C18H19Cl2FN2O4S/c1-12-3-5-14(10-15(12)19)27-8-7-22-18(24)11-23(28(2,25)26)13-4-6-17(21)16(20)9-13/h3-6,9-10H,7-8,11H2,1-2H3,(H,22,24). The molecule has 1 N–H and O–H groups in total. The van der Waals surface area contributed by atoms with Gasteiger partial charge in [0.2, 0.25) is 15.9 Å². The highest BCUT2D eigenvalue weighted by Gasteiger charge is 2.21. The van der Waals surface area contributed by atoms with Crippen LogP contribution in [0.15, 0.2) is 36.4 Å². The number of nitrogens with one attached hydrogen (secondary N) is 1. The van der Waals surface area contributed by atoms with Crippen LogP contribution in [0, 0.1) is 12.7 Å². The first-order valence-electron chi connectivity index (χ1n) is 8.16. The molecule has 0 radical (unpaired) electrons. The molecule has 0 aromatic heterocycles. The van der Waals surface area contributed by atoms with E-state index >= 15 is 0 Å². The Hall–Kier alpha value is -2.03. The van der Waals surface area contributed by atoms with E-state index in [2.05, 4.69) is 5.32 Å². The van der Waals surface area contributed by atoms with E-state index in [0.717, 1.165) is 28.3 Å². The molecular formula is C18H19Cl2FN2O4S. The lowest BCUT2D eigenvalue weighted by molar-refractivity contribution is -0.119. The molecule has 0 unspecified atom stereocenters. The number of hydrogen-bond acceptors (Lipinski definition) is 4. The van der Waals surface area contributed by atoms with Crippen LogP contribution >= 0.6 is 23.2 Å². The Morgan fingerprint density at radius 3 is 2.50 bits per heavy atom. The molecule has 2 aromatic carbocycles. The Kier molecular flexibility index (Phi) is 7.51. The van der Waals surface area contributed by atoms with Crippen LogP contribution in [0.2, 0.25) is 10.0 Å². The van der Waals surface area contributed by atoms with E-state index in [9.17, 15) is 17.6 Å². The second-order valence-corrected chi connectivity index (χ2v) is 8.70. The number of hydrogen-bond donors (Lipinski definition) is 1. The molecule has 152 valence electrons. The van der Waals surface area contributed by atoms with Crippen LogP contribution in [0.25, 0.3) is 0 Å². The molecule has 28 heavy (non-hydrogen) atoms. The molecule has 2 rings (SSSR count). The Labute approximate surface area is 173 Å². The number of amides is 1. The summed E-state index contributed by atoms with van der Waals surface area (Å²) in [5, 5.41) is 2.90. The topological polar surface area (TPSA) is 75.7 Å². The van der Waals surface area contributed by atoms with Gasteiger partial charge in [0.1, 0.15) is 24.7 Å². The molecule has 0 bridgehead atoms. The fourth-order valence-corrected chi connectivity index (χ4v) is 3.44. The number of rotatable bonds is 8. The molecule has 0 atom stereocenters. The number of benzene rings is 2. The molecule has 2 aromatic rings. The summed E-state index contributed by atoms with van der Waals surface area (Å²) in [6, 6.07) is 8.66. The SMILES string of the molecule is Cc1ccc(OCCNC(=O)CN(c2ccc(F)c(Cl)c2)S(C)(=O)=O)cc1Cl.